The molecule has 0 N–H and O–H groups in total. The Bertz CT molecular complexity index is 508. The van der Waals surface area contributed by atoms with E-state index < -0.39 is 0 Å². The van der Waals surface area contributed by atoms with Crippen LogP contribution in [0.4, 0.5) is 5.82 Å². The van der Waals surface area contributed by atoms with Crippen LogP contribution in [-0.2, 0) is 4.74 Å². The monoisotopic (exact) mass is 310 g/mol. The van der Waals surface area contributed by atoms with E-state index in [-0.39, 0.29) is 5.97 Å². The van der Waals surface area contributed by atoms with Gasteiger partial charge >= 0.3 is 5.97 Å². The smallest absolute Gasteiger partial charge is 0.339 e. The minimum atomic E-state index is -0.337. The fraction of sp³-hybridized carbons (Fsp3) is 0.538. The number of carbonyl (C=O) groups is 1. The number of esters is 1. The van der Waals surface area contributed by atoms with Crippen molar-refractivity contribution in [2.75, 3.05) is 25.1 Å². The summed E-state index contributed by atoms with van der Waals surface area (Å²) in [6, 6.07) is 1.81. The third kappa shape index (κ3) is 1.90. The van der Waals surface area contributed by atoms with E-state index in [1.807, 2.05) is 13.0 Å². The highest BCUT2D eigenvalue weighted by Crippen LogP contribution is 2.47. The summed E-state index contributed by atoms with van der Waals surface area (Å²) in [7, 11) is 1.39. The van der Waals surface area contributed by atoms with Crippen LogP contribution in [0.2, 0.25) is 0 Å². The molecule has 4 nitrogen and oxygen atoms in total. The Balaban J connectivity index is 1.92. The normalized spacial score (nSPS) is 24.9. The van der Waals surface area contributed by atoms with Crippen molar-refractivity contribution < 1.29 is 9.53 Å². The minimum Gasteiger partial charge on any atom is -0.465 e. The molecular formula is C13H15BrN2O2. The molecule has 2 aliphatic rings. The molecule has 2 atom stereocenters. The lowest BCUT2D eigenvalue weighted by molar-refractivity contribution is 0.0599. The Hall–Kier alpha value is -1.10. The minimum absolute atomic E-state index is 0.337. The van der Waals surface area contributed by atoms with Gasteiger partial charge in [-0.2, -0.15) is 0 Å². The second-order valence-electron chi connectivity index (χ2n) is 5.08. The molecule has 2 heterocycles. The van der Waals surface area contributed by atoms with Crippen LogP contribution in [-0.4, -0.2) is 31.2 Å². The predicted octanol–water partition coefficient (Wildman–Crippen LogP) is 2.40. The van der Waals surface area contributed by atoms with Gasteiger partial charge in [0.2, 0.25) is 0 Å². The van der Waals surface area contributed by atoms with E-state index in [1.165, 1.54) is 13.5 Å². The average Bonchev–Trinajstić information content (AvgIpc) is 2.97. The molecule has 18 heavy (non-hydrogen) atoms. The van der Waals surface area contributed by atoms with Crippen LogP contribution in [0.3, 0.4) is 0 Å². The van der Waals surface area contributed by atoms with Crippen molar-refractivity contribution in [3.63, 3.8) is 0 Å². The third-order valence-electron chi connectivity index (χ3n) is 3.83. The molecule has 1 aliphatic carbocycles. The summed E-state index contributed by atoms with van der Waals surface area (Å²) in [4.78, 5) is 18.4. The van der Waals surface area contributed by atoms with E-state index in [1.54, 1.807) is 0 Å². The van der Waals surface area contributed by atoms with Crippen LogP contribution < -0.4 is 4.90 Å². The van der Waals surface area contributed by atoms with Crippen molar-refractivity contribution in [3.05, 3.63) is 21.8 Å². The second kappa shape index (κ2) is 4.23. The van der Waals surface area contributed by atoms with Gasteiger partial charge in [-0.1, -0.05) is 0 Å². The highest BCUT2D eigenvalue weighted by atomic mass is 79.9. The quantitative estimate of drug-likeness (QED) is 0.787. The van der Waals surface area contributed by atoms with Gasteiger partial charge in [0.05, 0.1) is 22.8 Å². The van der Waals surface area contributed by atoms with Crippen molar-refractivity contribution in [1.82, 2.24) is 4.98 Å². The molecule has 2 fully saturated rings. The standard InChI is InChI=1S/C13H15BrN2O2/c1-7-10(13(17)18-2)4-11(14)12(15-7)16-5-8-3-9(8)6-16/h4,8-9H,3,5-6H2,1-2H3. The highest BCUT2D eigenvalue weighted by molar-refractivity contribution is 9.10. The lowest BCUT2D eigenvalue weighted by Gasteiger charge is -2.21. The average molecular weight is 311 g/mol. The van der Waals surface area contributed by atoms with Gasteiger partial charge in [-0.15, -0.1) is 0 Å². The number of carbonyl (C=O) groups excluding carboxylic acids is 1. The van der Waals surface area contributed by atoms with Gasteiger partial charge in [0.1, 0.15) is 5.82 Å². The van der Waals surface area contributed by atoms with Crippen LogP contribution in [0.15, 0.2) is 10.5 Å². The number of pyridine rings is 1. The van der Waals surface area contributed by atoms with Gasteiger partial charge in [0.25, 0.3) is 0 Å². The summed E-state index contributed by atoms with van der Waals surface area (Å²) in [6.07, 6.45) is 1.37. The molecule has 1 saturated carbocycles. The summed E-state index contributed by atoms with van der Waals surface area (Å²) in [5, 5.41) is 0. The summed E-state index contributed by atoms with van der Waals surface area (Å²) < 4.78 is 5.62. The molecular weight excluding hydrogens is 296 g/mol. The van der Waals surface area contributed by atoms with Crippen molar-refractivity contribution >= 4 is 27.7 Å². The zero-order valence-electron chi connectivity index (χ0n) is 10.4. The van der Waals surface area contributed by atoms with E-state index in [2.05, 4.69) is 25.8 Å². The van der Waals surface area contributed by atoms with Gasteiger partial charge in [-0.05, 0) is 47.2 Å². The lowest BCUT2D eigenvalue weighted by Crippen LogP contribution is -2.24. The molecule has 0 spiro atoms. The number of piperidine rings is 1. The zero-order chi connectivity index (χ0) is 12.9. The summed E-state index contributed by atoms with van der Waals surface area (Å²) in [5.41, 5.74) is 1.25. The molecule has 0 amide bonds. The fourth-order valence-electron chi connectivity index (χ4n) is 2.68. The number of methoxy groups -OCH3 is 1. The first-order valence-electron chi connectivity index (χ1n) is 6.10. The number of halogens is 1. The Morgan fingerprint density at radius 3 is 2.78 bits per heavy atom. The van der Waals surface area contributed by atoms with Gasteiger partial charge in [0.15, 0.2) is 0 Å². The van der Waals surface area contributed by atoms with Crippen LogP contribution in [0, 0.1) is 18.8 Å². The number of aryl methyl sites for hydroxylation is 1. The van der Waals surface area contributed by atoms with Crippen LogP contribution in [0.5, 0.6) is 0 Å². The van der Waals surface area contributed by atoms with Crippen LogP contribution >= 0.6 is 15.9 Å². The Kier molecular flexibility index (Phi) is 2.81. The molecule has 1 saturated heterocycles. The number of anilines is 1. The maximum Gasteiger partial charge on any atom is 0.339 e. The number of aromatic nitrogens is 1. The molecule has 96 valence electrons. The third-order valence-corrected chi connectivity index (χ3v) is 4.42. The van der Waals surface area contributed by atoms with E-state index >= 15 is 0 Å². The Morgan fingerprint density at radius 1 is 1.50 bits per heavy atom. The summed E-state index contributed by atoms with van der Waals surface area (Å²) in [5.74, 6) is 2.34. The molecule has 1 aromatic rings. The molecule has 1 aromatic heterocycles. The molecule has 2 unspecified atom stereocenters. The maximum atomic E-state index is 11.6. The Labute approximate surface area is 114 Å². The first-order chi connectivity index (χ1) is 8.60. The topological polar surface area (TPSA) is 42.4 Å². The van der Waals surface area contributed by atoms with Gasteiger partial charge < -0.3 is 9.64 Å². The van der Waals surface area contributed by atoms with Crippen LogP contribution in [0.25, 0.3) is 0 Å². The van der Waals surface area contributed by atoms with Gasteiger partial charge in [0, 0.05) is 13.1 Å². The first-order valence-corrected chi connectivity index (χ1v) is 6.90. The zero-order valence-corrected chi connectivity index (χ0v) is 12.0. The molecule has 0 radical (unpaired) electrons. The number of nitrogens with zero attached hydrogens (tertiary/aromatic N) is 2. The van der Waals surface area contributed by atoms with E-state index in [0.717, 1.165) is 40.9 Å². The maximum absolute atomic E-state index is 11.6. The van der Waals surface area contributed by atoms with Crippen molar-refractivity contribution in [3.8, 4) is 0 Å². The predicted molar refractivity (Wildman–Crippen MR) is 71.8 cm³/mol. The fourth-order valence-corrected chi connectivity index (χ4v) is 3.25. The SMILES string of the molecule is COC(=O)c1cc(Br)c(N2CC3CC3C2)nc1C. The number of hydrogen-bond donors (Lipinski definition) is 0. The van der Waals surface area contributed by atoms with E-state index in [0.29, 0.717) is 5.56 Å². The lowest BCUT2D eigenvalue weighted by atomic mass is 10.2. The summed E-state index contributed by atoms with van der Waals surface area (Å²) >= 11 is 3.51. The van der Waals surface area contributed by atoms with Crippen molar-refractivity contribution in [2.24, 2.45) is 11.8 Å². The van der Waals surface area contributed by atoms with E-state index in [9.17, 15) is 4.79 Å². The van der Waals surface area contributed by atoms with Crippen LogP contribution in [0.1, 0.15) is 22.5 Å². The molecule has 5 heteroatoms. The number of rotatable bonds is 2. The van der Waals surface area contributed by atoms with Gasteiger partial charge in [-0.25, -0.2) is 9.78 Å². The van der Waals surface area contributed by atoms with Crippen molar-refractivity contribution in [2.45, 2.75) is 13.3 Å². The summed E-state index contributed by atoms with van der Waals surface area (Å²) in [6.45, 7) is 4.03. The van der Waals surface area contributed by atoms with E-state index in [4.69, 9.17) is 4.74 Å². The molecule has 1 aliphatic heterocycles. The number of hydrogen-bond acceptors (Lipinski definition) is 4. The number of fused-ring (bicyclic) bond motifs is 1. The molecule has 0 aromatic carbocycles. The second-order valence-corrected chi connectivity index (χ2v) is 5.93. The number of ether oxygens (including phenoxy) is 1. The molecule has 3 rings (SSSR count). The largest absolute Gasteiger partial charge is 0.465 e. The molecule has 0 bridgehead atoms. The highest BCUT2D eigenvalue weighted by Gasteiger charge is 2.45. The first kappa shape index (κ1) is 12.0. The Morgan fingerprint density at radius 2 is 2.17 bits per heavy atom. The van der Waals surface area contributed by atoms with Crippen molar-refractivity contribution in [1.29, 1.82) is 0 Å². The van der Waals surface area contributed by atoms with Gasteiger partial charge in [-0.3, -0.25) is 0 Å².